The number of hydrogen-bond donors (Lipinski definition) is 2. The molecule has 120 valence electrons. The summed E-state index contributed by atoms with van der Waals surface area (Å²) < 4.78 is 0. The van der Waals surface area contributed by atoms with Crippen molar-refractivity contribution in [3.63, 3.8) is 0 Å². The van der Waals surface area contributed by atoms with Gasteiger partial charge >= 0.3 is 0 Å². The smallest absolute Gasteiger partial charge is 0.0428 e. The van der Waals surface area contributed by atoms with Crippen molar-refractivity contribution in [2.75, 3.05) is 13.2 Å². The van der Waals surface area contributed by atoms with Crippen LogP contribution in [-0.2, 0) is 0 Å². The van der Waals surface area contributed by atoms with Gasteiger partial charge in [-0.15, -0.1) is 0 Å². The lowest BCUT2D eigenvalue weighted by atomic mass is 10.1. The Morgan fingerprint density at radius 2 is 0.909 bits per heavy atom. The van der Waals surface area contributed by atoms with Gasteiger partial charge in [0, 0.05) is 13.2 Å². The number of benzene rings is 2. The molecule has 0 aliphatic heterocycles. The lowest BCUT2D eigenvalue weighted by molar-refractivity contribution is 0.294. The van der Waals surface area contributed by atoms with E-state index in [2.05, 4.69) is 36.4 Å². The van der Waals surface area contributed by atoms with Gasteiger partial charge in [0.25, 0.3) is 0 Å². The number of rotatable bonds is 4. The molecule has 2 rings (SSSR count). The monoisotopic (exact) mass is 300 g/mol. The van der Waals surface area contributed by atoms with Crippen LogP contribution < -0.4 is 0 Å². The van der Waals surface area contributed by atoms with E-state index in [9.17, 15) is 0 Å². The van der Waals surface area contributed by atoms with Crippen LogP contribution in [0.4, 0.5) is 0 Å². The fraction of sp³-hybridized carbons (Fsp3) is 0.300. The van der Waals surface area contributed by atoms with Gasteiger partial charge in [0.05, 0.1) is 0 Å². The number of aliphatic hydroxyl groups is 2. The van der Waals surface area contributed by atoms with Crippen LogP contribution >= 0.6 is 0 Å². The molecule has 0 aliphatic carbocycles. The highest BCUT2D eigenvalue weighted by Gasteiger charge is 1.84. The first-order chi connectivity index (χ1) is 10.8. The summed E-state index contributed by atoms with van der Waals surface area (Å²) in [6.45, 7) is 4.50. The van der Waals surface area contributed by atoms with E-state index in [0.717, 1.165) is 12.8 Å². The molecule has 0 aliphatic rings. The van der Waals surface area contributed by atoms with Crippen LogP contribution in [0, 0.1) is 0 Å². The van der Waals surface area contributed by atoms with E-state index >= 15 is 0 Å². The van der Waals surface area contributed by atoms with Crippen molar-refractivity contribution in [3.8, 4) is 0 Å². The minimum Gasteiger partial charge on any atom is -0.396 e. The summed E-state index contributed by atoms with van der Waals surface area (Å²) in [7, 11) is 0. The van der Waals surface area contributed by atoms with Crippen LogP contribution in [0.3, 0.4) is 0 Å². The zero-order valence-electron chi connectivity index (χ0n) is 13.7. The van der Waals surface area contributed by atoms with Gasteiger partial charge in [0.2, 0.25) is 0 Å². The summed E-state index contributed by atoms with van der Waals surface area (Å²) in [6.07, 6.45) is 5.99. The van der Waals surface area contributed by atoms with Crippen molar-refractivity contribution >= 4 is 12.2 Å². The van der Waals surface area contributed by atoms with Crippen LogP contribution in [0.5, 0.6) is 0 Å². The first-order valence-electron chi connectivity index (χ1n) is 7.78. The predicted octanol–water partition coefficient (Wildman–Crippen LogP) is 4.63. The van der Waals surface area contributed by atoms with Crippen molar-refractivity contribution in [2.24, 2.45) is 0 Å². The summed E-state index contributed by atoms with van der Waals surface area (Å²) in [4.78, 5) is 0. The van der Waals surface area contributed by atoms with E-state index < -0.39 is 0 Å². The van der Waals surface area contributed by atoms with Crippen molar-refractivity contribution in [1.82, 2.24) is 0 Å². The van der Waals surface area contributed by atoms with Crippen LogP contribution in [-0.4, -0.2) is 23.4 Å². The Balaban J connectivity index is 0.000000464. The zero-order valence-corrected chi connectivity index (χ0v) is 13.7. The van der Waals surface area contributed by atoms with E-state index in [1.165, 1.54) is 11.1 Å². The number of aliphatic hydroxyl groups excluding tert-OH is 2. The van der Waals surface area contributed by atoms with E-state index in [1.54, 1.807) is 0 Å². The highest BCUT2D eigenvalue weighted by atomic mass is 16.3. The van der Waals surface area contributed by atoms with Crippen molar-refractivity contribution < 1.29 is 10.2 Å². The molecule has 0 atom stereocenters. The summed E-state index contributed by atoms with van der Waals surface area (Å²) in [5.74, 6) is 0. The lowest BCUT2D eigenvalue weighted by Crippen LogP contribution is -1.70. The van der Waals surface area contributed by atoms with Gasteiger partial charge < -0.3 is 10.2 Å². The van der Waals surface area contributed by atoms with E-state index in [-0.39, 0.29) is 0 Å². The van der Waals surface area contributed by atoms with Crippen molar-refractivity contribution in [3.05, 3.63) is 71.8 Å². The predicted molar refractivity (Wildman–Crippen MR) is 96.6 cm³/mol. The SMILES string of the molecule is C(=C/c1ccccc1)/c1ccccc1.CCCO.CCCO. The molecule has 0 fully saturated rings. The Bertz CT molecular complexity index is 414. The minimum atomic E-state index is 0.319. The van der Waals surface area contributed by atoms with Gasteiger partial charge in [-0.3, -0.25) is 0 Å². The molecular formula is C20H28O2. The van der Waals surface area contributed by atoms with E-state index in [4.69, 9.17) is 10.2 Å². The van der Waals surface area contributed by atoms with Crippen LogP contribution in [0.1, 0.15) is 37.8 Å². The molecule has 2 N–H and O–H groups in total. The molecule has 0 bridgehead atoms. The first-order valence-corrected chi connectivity index (χ1v) is 7.78. The Morgan fingerprint density at radius 1 is 0.636 bits per heavy atom. The largest absolute Gasteiger partial charge is 0.396 e. The van der Waals surface area contributed by atoms with Gasteiger partial charge in [0.1, 0.15) is 0 Å². The topological polar surface area (TPSA) is 40.5 Å². The molecule has 0 unspecified atom stereocenters. The molecule has 2 aromatic carbocycles. The molecule has 2 aromatic rings. The third-order valence-corrected chi connectivity index (χ3v) is 2.51. The normalized spacial score (nSPS) is 9.45. The molecule has 2 heteroatoms. The minimum absolute atomic E-state index is 0.319. The molecular weight excluding hydrogens is 272 g/mol. The Morgan fingerprint density at radius 3 is 1.14 bits per heavy atom. The summed E-state index contributed by atoms with van der Waals surface area (Å²) in [5.41, 5.74) is 2.47. The fourth-order valence-electron chi connectivity index (χ4n) is 1.32. The third-order valence-electron chi connectivity index (χ3n) is 2.51. The second-order valence-corrected chi connectivity index (χ2v) is 4.60. The average molecular weight is 300 g/mol. The molecule has 0 saturated carbocycles. The lowest BCUT2D eigenvalue weighted by Gasteiger charge is -1.92. The van der Waals surface area contributed by atoms with Gasteiger partial charge in [-0.1, -0.05) is 86.7 Å². The molecule has 0 heterocycles. The maximum atomic E-state index is 7.88. The Kier molecular flexibility index (Phi) is 14.2. The van der Waals surface area contributed by atoms with Gasteiger partial charge in [-0.05, 0) is 24.0 Å². The average Bonchev–Trinajstić information content (AvgIpc) is 2.62. The second kappa shape index (κ2) is 15.5. The van der Waals surface area contributed by atoms with Crippen molar-refractivity contribution in [2.45, 2.75) is 26.7 Å². The summed E-state index contributed by atoms with van der Waals surface area (Å²) in [5, 5.41) is 15.8. The Labute approximate surface area is 134 Å². The Hall–Kier alpha value is -1.90. The highest BCUT2D eigenvalue weighted by Crippen LogP contribution is 2.06. The maximum absolute atomic E-state index is 7.88. The maximum Gasteiger partial charge on any atom is 0.0428 e. The molecule has 22 heavy (non-hydrogen) atoms. The van der Waals surface area contributed by atoms with E-state index in [1.807, 2.05) is 50.2 Å². The molecule has 0 aromatic heterocycles. The van der Waals surface area contributed by atoms with Crippen LogP contribution in [0.2, 0.25) is 0 Å². The molecule has 0 spiro atoms. The quantitative estimate of drug-likeness (QED) is 0.808. The van der Waals surface area contributed by atoms with Crippen molar-refractivity contribution in [1.29, 1.82) is 0 Å². The molecule has 2 nitrogen and oxygen atoms in total. The number of hydrogen-bond acceptors (Lipinski definition) is 2. The van der Waals surface area contributed by atoms with Crippen LogP contribution in [0.25, 0.3) is 12.2 Å². The van der Waals surface area contributed by atoms with Gasteiger partial charge in [-0.2, -0.15) is 0 Å². The zero-order chi connectivity index (χ0) is 16.5. The standard InChI is InChI=1S/C14H12.2C3H8O/c1-3-7-13(8-4-1)11-12-14-9-5-2-6-10-14;2*1-2-3-4/h1-12H;2*4H,2-3H2,1H3/b12-11-;;. The molecule has 0 radical (unpaired) electrons. The first kappa shape index (κ1) is 20.1. The molecule has 0 saturated heterocycles. The second-order valence-electron chi connectivity index (χ2n) is 4.60. The summed E-state index contributed by atoms with van der Waals surface area (Å²) >= 11 is 0. The highest BCUT2D eigenvalue weighted by molar-refractivity contribution is 5.69. The van der Waals surface area contributed by atoms with Crippen LogP contribution in [0.15, 0.2) is 60.7 Å². The van der Waals surface area contributed by atoms with E-state index in [0.29, 0.717) is 13.2 Å². The fourth-order valence-corrected chi connectivity index (χ4v) is 1.32. The third kappa shape index (κ3) is 11.9. The molecule has 0 amide bonds. The summed E-state index contributed by atoms with van der Waals surface area (Å²) in [6, 6.07) is 20.6. The van der Waals surface area contributed by atoms with Gasteiger partial charge in [-0.25, -0.2) is 0 Å². The van der Waals surface area contributed by atoms with Gasteiger partial charge in [0.15, 0.2) is 0 Å².